The molecule has 0 unspecified atom stereocenters. The fourth-order valence-electron chi connectivity index (χ4n) is 1.74. The molecule has 2 aliphatic heterocycles. The molecule has 62 valence electrons. The van der Waals surface area contributed by atoms with E-state index in [4.69, 9.17) is 9.47 Å². The van der Waals surface area contributed by atoms with E-state index in [1.807, 2.05) is 6.92 Å². The van der Waals surface area contributed by atoms with Crippen molar-refractivity contribution in [3.63, 3.8) is 0 Å². The molecular weight excluding hydrogens is 140 g/mol. The molecule has 1 saturated heterocycles. The summed E-state index contributed by atoms with van der Waals surface area (Å²) in [4.78, 5) is 0. The SMILES string of the molecule is CC1=CC[C@H]2OCCC[C@@H]2O1. The van der Waals surface area contributed by atoms with Gasteiger partial charge < -0.3 is 9.47 Å². The monoisotopic (exact) mass is 154 g/mol. The van der Waals surface area contributed by atoms with E-state index in [1.54, 1.807) is 0 Å². The van der Waals surface area contributed by atoms with Gasteiger partial charge in [-0.25, -0.2) is 0 Å². The van der Waals surface area contributed by atoms with Gasteiger partial charge in [-0.05, 0) is 32.3 Å². The van der Waals surface area contributed by atoms with E-state index in [0.29, 0.717) is 12.2 Å². The normalized spacial score (nSPS) is 37.0. The molecular formula is C9H14O2. The molecule has 2 heterocycles. The predicted molar refractivity (Wildman–Crippen MR) is 42.2 cm³/mol. The van der Waals surface area contributed by atoms with Gasteiger partial charge in [-0.2, -0.15) is 0 Å². The quantitative estimate of drug-likeness (QED) is 0.530. The van der Waals surface area contributed by atoms with Gasteiger partial charge in [-0.3, -0.25) is 0 Å². The van der Waals surface area contributed by atoms with Crippen LogP contribution in [0.4, 0.5) is 0 Å². The maximum Gasteiger partial charge on any atom is 0.125 e. The van der Waals surface area contributed by atoms with Gasteiger partial charge in [-0.15, -0.1) is 0 Å². The van der Waals surface area contributed by atoms with E-state index in [2.05, 4.69) is 6.08 Å². The fourth-order valence-corrected chi connectivity index (χ4v) is 1.74. The number of hydrogen-bond acceptors (Lipinski definition) is 2. The van der Waals surface area contributed by atoms with Crippen molar-refractivity contribution in [2.75, 3.05) is 6.61 Å². The van der Waals surface area contributed by atoms with Crippen LogP contribution in [0.15, 0.2) is 11.8 Å². The summed E-state index contributed by atoms with van der Waals surface area (Å²) in [6.07, 6.45) is 6.15. The van der Waals surface area contributed by atoms with Gasteiger partial charge in [0.15, 0.2) is 0 Å². The molecule has 1 fully saturated rings. The van der Waals surface area contributed by atoms with Crippen LogP contribution in [0.3, 0.4) is 0 Å². The highest BCUT2D eigenvalue weighted by Gasteiger charge is 2.29. The van der Waals surface area contributed by atoms with Crippen molar-refractivity contribution in [2.45, 2.75) is 38.4 Å². The van der Waals surface area contributed by atoms with Gasteiger partial charge in [0.05, 0.1) is 11.9 Å². The molecule has 2 rings (SSSR count). The summed E-state index contributed by atoms with van der Waals surface area (Å²) in [6.45, 7) is 2.93. The lowest BCUT2D eigenvalue weighted by Crippen LogP contribution is -2.37. The molecule has 0 saturated carbocycles. The Labute approximate surface area is 67.2 Å². The second-order valence-electron chi connectivity index (χ2n) is 3.26. The molecule has 0 amide bonds. The van der Waals surface area contributed by atoms with Crippen LogP contribution in [-0.2, 0) is 9.47 Å². The van der Waals surface area contributed by atoms with E-state index in [0.717, 1.165) is 31.6 Å². The van der Waals surface area contributed by atoms with Gasteiger partial charge in [0.1, 0.15) is 6.10 Å². The standard InChI is InChI=1S/C9H14O2/c1-7-4-5-8-9(11-7)3-2-6-10-8/h4,8-9H,2-3,5-6H2,1H3/t8-,9+/m1/s1. The first-order chi connectivity index (χ1) is 5.36. The number of hydrogen-bond donors (Lipinski definition) is 0. The second-order valence-corrected chi connectivity index (χ2v) is 3.26. The summed E-state index contributed by atoms with van der Waals surface area (Å²) >= 11 is 0. The summed E-state index contributed by atoms with van der Waals surface area (Å²) in [7, 11) is 0. The third-order valence-corrected chi connectivity index (χ3v) is 2.35. The number of rotatable bonds is 0. The van der Waals surface area contributed by atoms with Crippen LogP contribution in [0.5, 0.6) is 0 Å². The van der Waals surface area contributed by atoms with Gasteiger partial charge >= 0.3 is 0 Å². The van der Waals surface area contributed by atoms with Crippen LogP contribution in [0.25, 0.3) is 0 Å². The zero-order valence-corrected chi connectivity index (χ0v) is 6.88. The maximum absolute atomic E-state index is 5.63. The molecule has 0 radical (unpaired) electrons. The molecule has 0 aromatic heterocycles. The van der Waals surface area contributed by atoms with Crippen molar-refractivity contribution in [3.8, 4) is 0 Å². The molecule has 11 heavy (non-hydrogen) atoms. The number of allylic oxidation sites excluding steroid dienone is 1. The van der Waals surface area contributed by atoms with Crippen LogP contribution in [0.2, 0.25) is 0 Å². The second kappa shape index (κ2) is 2.86. The third kappa shape index (κ3) is 1.41. The lowest BCUT2D eigenvalue weighted by atomic mass is 10.0. The van der Waals surface area contributed by atoms with Gasteiger partial charge in [0.2, 0.25) is 0 Å². The molecule has 2 aliphatic rings. The number of fused-ring (bicyclic) bond motifs is 1. The Balaban J connectivity index is 2.04. The molecule has 0 aromatic rings. The van der Waals surface area contributed by atoms with Gasteiger partial charge in [0.25, 0.3) is 0 Å². The maximum atomic E-state index is 5.63. The Hall–Kier alpha value is -0.500. The van der Waals surface area contributed by atoms with Crippen LogP contribution < -0.4 is 0 Å². The minimum absolute atomic E-state index is 0.340. The van der Waals surface area contributed by atoms with E-state index >= 15 is 0 Å². The van der Waals surface area contributed by atoms with Crippen LogP contribution in [-0.4, -0.2) is 18.8 Å². The van der Waals surface area contributed by atoms with Crippen LogP contribution >= 0.6 is 0 Å². The number of ether oxygens (including phenoxy) is 2. The lowest BCUT2D eigenvalue weighted by Gasteiger charge is -2.34. The van der Waals surface area contributed by atoms with E-state index in [-0.39, 0.29) is 0 Å². The zero-order valence-electron chi connectivity index (χ0n) is 6.88. The molecule has 0 aliphatic carbocycles. The highest BCUT2D eigenvalue weighted by Crippen LogP contribution is 2.26. The first-order valence-electron chi connectivity index (χ1n) is 4.31. The van der Waals surface area contributed by atoms with Crippen LogP contribution in [0, 0.1) is 0 Å². The Morgan fingerprint density at radius 2 is 2.36 bits per heavy atom. The van der Waals surface area contributed by atoms with Gasteiger partial charge in [-0.1, -0.05) is 0 Å². The smallest absolute Gasteiger partial charge is 0.125 e. The molecule has 2 atom stereocenters. The third-order valence-electron chi connectivity index (χ3n) is 2.35. The first kappa shape index (κ1) is 7.17. The van der Waals surface area contributed by atoms with Crippen LogP contribution in [0.1, 0.15) is 26.2 Å². The van der Waals surface area contributed by atoms with Crippen molar-refractivity contribution in [1.82, 2.24) is 0 Å². The van der Waals surface area contributed by atoms with E-state index in [9.17, 15) is 0 Å². The molecule has 0 spiro atoms. The summed E-state index contributed by atoms with van der Waals surface area (Å²) in [5.41, 5.74) is 0. The summed E-state index contributed by atoms with van der Waals surface area (Å²) < 4.78 is 11.2. The molecule has 0 bridgehead atoms. The average Bonchev–Trinajstić information content (AvgIpc) is 2.04. The average molecular weight is 154 g/mol. The minimum atomic E-state index is 0.340. The minimum Gasteiger partial charge on any atom is -0.493 e. The van der Waals surface area contributed by atoms with Crippen molar-refractivity contribution in [3.05, 3.63) is 11.8 Å². The van der Waals surface area contributed by atoms with E-state index < -0.39 is 0 Å². The van der Waals surface area contributed by atoms with E-state index in [1.165, 1.54) is 0 Å². The predicted octanol–water partition coefficient (Wildman–Crippen LogP) is 1.86. The first-order valence-corrected chi connectivity index (χ1v) is 4.31. The Morgan fingerprint density at radius 3 is 3.27 bits per heavy atom. The lowest BCUT2D eigenvalue weighted by molar-refractivity contribution is -0.0929. The van der Waals surface area contributed by atoms with Crippen molar-refractivity contribution in [1.29, 1.82) is 0 Å². The molecule has 0 N–H and O–H groups in total. The highest BCUT2D eigenvalue weighted by atomic mass is 16.5. The van der Waals surface area contributed by atoms with Crippen molar-refractivity contribution >= 4 is 0 Å². The van der Waals surface area contributed by atoms with Crippen molar-refractivity contribution in [2.24, 2.45) is 0 Å². The fraction of sp³-hybridized carbons (Fsp3) is 0.778. The summed E-state index contributed by atoms with van der Waals surface area (Å²) in [5.74, 6) is 1.07. The Kier molecular flexibility index (Phi) is 1.86. The molecule has 2 heteroatoms. The molecule has 0 aromatic carbocycles. The summed E-state index contributed by atoms with van der Waals surface area (Å²) in [5, 5.41) is 0. The topological polar surface area (TPSA) is 18.5 Å². The highest BCUT2D eigenvalue weighted by molar-refractivity contribution is 4.99. The molecule has 2 nitrogen and oxygen atoms in total. The summed E-state index contributed by atoms with van der Waals surface area (Å²) in [6, 6.07) is 0. The Bertz CT molecular complexity index is 174. The largest absolute Gasteiger partial charge is 0.493 e. The Morgan fingerprint density at radius 1 is 1.45 bits per heavy atom. The van der Waals surface area contributed by atoms with Gasteiger partial charge in [0, 0.05) is 6.61 Å². The zero-order chi connectivity index (χ0) is 7.68. The van der Waals surface area contributed by atoms with Crippen molar-refractivity contribution < 1.29 is 9.47 Å².